The van der Waals surface area contributed by atoms with Gasteiger partial charge in [-0.3, -0.25) is 19.4 Å². The normalized spacial score (nSPS) is 27.7. The highest BCUT2D eigenvalue weighted by Crippen LogP contribution is 2.50. The van der Waals surface area contributed by atoms with E-state index in [9.17, 15) is 19.5 Å². The molecule has 0 bridgehead atoms. The van der Waals surface area contributed by atoms with Crippen LogP contribution in [-0.2, 0) is 9.59 Å². The molecule has 3 aliphatic rings. The second-order valence-corrected chi connectivity index (χ2v) is 8.88. The first-order chi connectivity index (χ1) is 16.5. The van der Waals surface area contributed by atoms with Crippen LogP contribution in [0.3, 0.4) is 0 Å². The Labute approximate surface area is 195 Å². The summed E-state index contributed by atoms with van der Waals surface area (Å²) in [4.78, 5) is 46.4. The number of pyridine rings is 1. The Balaban J connectivity index is 1.53. The molecular weight excluding hydrogens is 430 g/mol. The van der Waals surface area contributed by atoms with Gasteiger partial charge in [0, 0.05) is 17.5 Å². The average molecular weight is 451 g/mol. The minimum absolute atomic E-state index is 0.127. The summed E-state index contributed by atoms with van der Waals surface area (Å²) in [5.74, 6) is -2.79. The van der Waals surface area contributed by atoms with Gasteiger partial charge in [0.05, 0.1) is 34.8 Å². The molecule has 3 heterocycles. The molecule has 2 saturated heterocycles. The number of imide groups is 1. The van der Waals surface area contributed by atoms with E-state index in [0.29, 0.717) is 28.2 Å². The van der Waals surface area contributed by atoms with E-state index < -0.39 is 29.9 Å². The van der Waals surface area contributed by atoms with Crippen molar-refractivity contribution in [1.29, 1.82) is 0 Å². The summed E-state index contributed by atoms with van der Waals surface area (Å²) in [6, 6.07) is 18.8. The standard InChI is InChI=1S/C27H21N3O4/c1-14-7-6-8-15(13-14)30-26(33)19-20(27(30)34)23(29-22(19)18-11-4-5-12-28-18)21-24(31)16-9-2-3-10-17(16)25(21)32/h2-13,19-20,22,24,29,31H,1H3/b23-21+. The number of nitrogens with zero attached hydrogens (tertiary/aromatic N) is 2. The fourth-order valence-corrected chi connectivity index (χ4v) is 5.40. The Hall–Kier alpha value is -4.10. The lowest BCUT2D eigenvalue weighted by atomic mass is 9.88. The number of carbonyl (C=O) groups excluding carboxylic acids is 3. The second kappa shape index (κ2) is 7.46. The van der Waals surface area contributed by atoms with E-state index in [0.717, 1.165) is 5.56 Å². The molecule has 1 aliphatic carbocycles. The summed E-state index contributed by atoms with van der Waals surface area (Å²) in [5, 5.41) is 14.3. The molecule has 4 atom stereocenters. The number of aryl methyl sites for hydroxylation is 1. The van der Waals surface area contributed by atoms with Crippen molar-refractivity contribution in [3.63, 3.8) is 0 Å². The van der Waals surface area contributed by atoms with Crippen molar-refractivity contribution in [2.24, 2.45) is 11.8 Å². The van der Waals surface area contributed by atoms with E-state index in [2.05, 4.69) is 10.3 Å². The maximum absolute atomic E-state index is 13.8. The van der Waals surface area contributed by atoms with E-state index in [1.807, 2.05) is 19.1 Å². The number of aliphatic hydroxyl groups is 1. The summed E-state index contributed by atoms with van der Waals surface area (Å²) in [5.41, 5.74) is 3.36. The molecule has 6 rings (SSSR count). The van der Waals surface area contributed by atoms with Crippen LogP contribution < -0.4 is 10.2 Å². The van der Waals surface area contributed by atoms with Gasteiger partial charge in [0.25, 0.3) is 0 Å². The van der Waals surface area contributed by atoms with Gasteiger partial charge in [-0.2, -0.15) is 0 Å². The van der Waals surface area contributed by atoms with Gasteiger partial charge in [-0.05, 0) is 42.3 Å². The van der Waals surface area contributed by atoms with Gasteiger partial charge in [0.1, 0.15) is 6.10 Å². The highest BCUT2D eigenvalue weighted by atomic mass is 16.3. The lowest BCUT2D eigenvalue weighted by molar-refractivity contribution is -0.122. The molecule has 7 nitrogen and oxygen atoms in total. The Morgan fingerprint density at radius 3 is 2.47 bits per heavy atom. The second-order valence-electron chi connectivity index (χ2n) is 8.88. The van der Waals surface area contributed by atoms with Gasteiger partial charge < -0.3 is 10.4 Å². The average Bonchev–Trinajstić information content (AvgIpc) is 3.44. The molecule has 2 fully saturated rings. The zero-order valence-electron chi connectivity index (χ0n) is 18.3. The van der Waals surface area contributed by atoms with Crippen molar-refractivity contribution in [2.75, 3.05) is 4.90 Å². The molecule has 1 aromatic heterocycles. The lowest BCUT2D eigenvalue weighted by Gasteiger charge is -2.21. The first-order valence-electron chi connectivity index (χ1n) is 11.1. The van der Waals surface area contributed by atoms with Crippen molar-refractivity contribution in [2.45, 2.75) is 19.1 Å². The predicted molar refractivity (Wildman–Crippen MR) is 124 cm³/mol. The van der Waals surface area contributed by atoms with Crippen molar-refractivity contribution >= 4 is 23.3 Å². The minimum atomic E-state index is -1.18. The smallest absolute Gasteiger partial charge is 0.243 e. The molecule has 3 aromatic rings. The number of Topliss-reactive ketones (excluding diaryl/α,β-unsaturated/α-hetero) is 1. The van der Waals surface area contributed by atoms with Crippen LogP contribution >= 0.6 is 0 Å². The number of rotatable bonds is 2. The summed E-state index contributed by atoms with van der Waals surface area (Å²) in [6.45, 7) is 1.89. The first kappa shape index (κ1) is 20.5. The van der Waals surface area contributed by atoms with Crippen molar-refractivity contribution in [3.05, 3.63) is 107 Å². The van der Waals surface area contributed by atoms with Crippen LogP contribution in [0.15, 0.2) is 84.2 Å². The van der Waals surface area contributed by atoms with Crippen LogP contribution in [-0.4, -0.2) is 27.7 Å². The molecule has 168 valence electrons. The maximum atomic E-state index is 13.8. The van der Waals surface area contributed by atoms with E-state index in [1.165, 1.54) is 4.90 Å². The Morgan fingerprint density at radius 2 is 1.74 bits per heavy atom. The molecule has 0 radical (unpaired) electrons. The number of ketones is 1. The van der Waals surface area contributed by atoms with Crippen molar-refractivity contribution in [1.82, 2.24) is 10.3 Å². The van der Waals surface area contributed by atoms with E-state index in [4.69, 9.17) is 0 Å². The van der Waals surface area contributed by atoms with Gasteiger partial charge in [-0.1, -0.05) is 42.5 Å². The van der Waals surface area contributed by atoms with Crippen LogP contribution in [0.5, 0.6) is 0 Å². The summed E-state index contributed by atoms with van der Waals surface area (Å²) in [6.07, 6.45) is 0.451. The third-order valence-corrected chi connectivity index (χ3v) is 6.91. The highest BCUT2D eigenvalue weighted by Gasteiger charge is 2.59. The largest absolute Gasteiger partial charge is 0.383 e. The number of aromatic nitrogens is 1. The molecule has 2 amide bonds. The zero-order chi connectivity index (χ0) is 23.6. The molecule has 2 N–H and O–H groups in total. The molecule has 0 spiro atoms. The Kier molecular flexibility index (Phi) is 4.50. The van der Waals surface area contributed by atoms with E-state index in [-0.39, 0.29) is 17.3 Å². The van der Waals surface area contributed by atoms with Crippen LogP contribution in [0.25, 0.3) is 0 Å². The fourth-order valence-electron chi connectivity index (χ4n) is 5.40. The quantitative estimate of drug-likeness (QED) is 0.459. The van der Waals surface area contributed by atoms with Crippen molar-refractivity contribution < 1.29 is 19.5 Å². The van der Waals surface area contributed by atoms with Gasteiger partial charge in [0.2, 0.25) is 11.8 Å². The number of benzene rings is 2. The summed E-state index contributed by atoms with van der Waals surface area (Å²) in [7, 11) is 0. The Morgan fingerprint density at radius 1 is 0.941 bits per heavy atom. The number of anilines is 1. The molecule has 2 aliphatic heterocycles. The number of nitrogens with one attached hydrogen (secondary N) is 1. The van der Waals surface area contributed by atoms with Gasteiger partial charge in [0.15, 0.2) is 5.78 Å². The number of hydrogen-bond donors (Lipinski definition) is 2. The number of fused-ring (bicyclic) bond motifs is 2. The molecule has 2 aromatic carbocycles. The molecule has 0 saturated carbocycles. The number of carbonyl (C=O) groups is 3. The third-order valence-electron chi connectivity index (χ3n) is 6.91. The number of amides is 2. The molecule has 7 heteroatoms. The third kappa shape index (κ3) is 2.80. The fraction of sp³-hybridized carbons (Fsp3) is 0.185. The minimum Gasteiger partial charge on any atom is -0.383 e. The van der Waals surface area contributed by atoms with E-state index >= 15 is 0 Å². The van der Waals surface area contributed by atoms with Crippen LogP contribution in [0.1, 0.15) is 39.3 Å². The summed E-state index contributed by atoms with van der Waals surface area (Å²) < 4.78 is 0. The Bertz CT molecular complexity index is 1400. The molecular formula is C27H21N3O4. The monoisotopic (exact) mass is 451 g/mol. The maximum Gasteiger partial charge on any atom is 0.243 e. The molecule has 4 unspecified atom stereocenters. The number of hydrogen-bond acceptors (Lipinski definition) is 6. The van der Waals surface area contributed by atoms with E-state index in [1.54, 1.807) is 60.8 Å². The lowest BCUT2D eigenvalue weighted by Crippen LogP contribution is -2.36. The summed E-state index contributed by atoms with van der Waals surface area (Å²) >= 11 is 0. The van der Waals surface area contributed by atoms with Gasteiger partial charge in [-0.25, -0.2) is 4.90 Å². The van der Waals surface area contributed by atoms with Gasteiger partial charge in [-0.15, -0.1) is 0 Å². The van der Waals surface area contributed by atoms with Crippen molar-refractivity contribution in [3.8, 4) is 0 Å². The van der Waals surface area contributed by atoms with Crippen LogP contribution in [0.2, 0.25) is 0 Å². The van der Waals surface area contributed by atoms with Crippen LogP contribution in [0, 0.1) is 18.8 Å². The zero-order valence-corrected chi connectivity index (χ0v) is 18.3. The predicted octanol–water partition coefficient (Wildman–Crippen LogP) is 3.02. The molecule has 34 heavy (non-hydrogen) atoms. The van der Waals surface area contributed by atoms with Gasteiger partial charge >= 0.3 is 0 Å². The topological polar surface area (TPSA) is 99.6 Å². The number of aliphatic hydroxyl groups excluding tert-OH is 1. The highest BCUT2D eigenvalue weighted by molar-refractivity contribution is 6.24. The first-order valence-corrected chi connectivity index (χ1v) is 11.1. The SMILES string of the molecule is Cc1cccc(N2C(=O)C3/C(=C4\C(=O)c5ccccc5C4O)NC(c4ccccn4)C3C2=O)c1. The van der Waals surface area contributed by atoms with Crippen LogP contribution in [0.4, 0.5) is 5.69 Å².